The Morgan fingerprint density at radius 3 is 2.93 bits per heavy atom. The molecule has 0 N–H and O–H groups in total. The minimum absolute atomic E-state index is 0.0442. The quantitative estimate of drug-likeness (QED) is 0.669. The molecule has 0 amide bonds. The molecule has 4 heteroatoms. The number of Topliss-reactive ketones (excluding diaryl/α,β-unsaturated/α-hetero) is 1. The zero-order chi connectivity index (χ0) is 10.1. The van der Waals surface area contributed by atoms with E-state index < -0.39 is 12.0 Å². The number of carbonyl (C=O) groups is 2. The largest absolute Gasteiger partial charge is 0.465 e. The summed E-state index contributed by atoms with van der Waals surface area (Å²) in [5, 5.41) is 0. The van der Waals surface area contributed by atoms with Gasteiger partial charge in [-0.2, -0.15) is 0 Å². The summed E-state index contributed by atoms with van der Waals surface area (Å²) in [6.45, 7) is 1.46. The lowest BCUT2D eigenvalue weighted by atomic mass is 9.96. The normalized spacial score (nSPS) is 26.2. The van der Waals surface area contributed by atoms with Crippen LogP contribution in [0.3, 0.4) is 0 Å². The minimum Gasteiger partial charge on any atom is -0.465 e. The van der Waals surface area contributed by atoms with Crippen molar-refractivity contribution in [3.05, 3.63) is 24.2 Å². The molecular formula is C10H10O4. The van der Waals surface area contributed by atoms with Crippen LogP contribution in [-0.2, 0) is 14.3 Å². The van der Waals surface area contributed by atoms with Gasteiger partial charge in [0.1, 0.15) is 11.5 Å². The number of hydrogen-bond donors (Lipinski definition) is 0. The smallest absolute Gasteiger partial charge is 0.307 e. The number of hydrogen-bond acceptors (Lipinski definition) is 4. The fourth-order valence-electron chi connectivity index (χ4n) is 1.62. The summed E-state index contributed by atoms with van der Waals surface area (Å²) >= 11 is 0. The Labute approximate surface area is 80.8 Å². The van der Waals surface area contributed by atoms with Gasteiger partial charge in [-0.15, -0.1) is 0 Å². The third kappa shape index (κ3) is 1.43. The van der Waals surface area contributed by atoms with Crippen LogP contribution in [0, 0.1) is 5.92 Å². The zero-order valence-corrected chi connectivity index (χ0v) is 7.73. The summed E-state index contributed by atoms with van der Waals surface area (Å²) in [7, 11) is 0. The van der Waals surface area contributed by atoms with E-state index in [4.69, 9.17) is 9.15 Å². The van der Waals surface area contributed by atoms with E-state index in [2.05, 4.69) is 0 Å². The van der Waals surface area contributed by atoms with E-state index in [1.807, 2.05) is 0 Å². The van der Waals surface area contributed by atoms with Crippen LogP contribution in [0.1, 0.15) is 25.2 Å². The first-order valence-electron chi connectivity index (χ1n) is 4.42. The second-order valence-electron chi connectivity index (χ2n) is 3.35. The van der Waals surface area contributed by atoms with Crippen LogP contribution < -0.4 is 0 Å². The molecule has 0 aliphatic carbocycles. The van der Waals surface area contributed by atoms with Gasteiger partial charge in [0.2, 0.25) is 0 Å². The standard InChI is InChI=1S/C10H10O4/c1-6(11)7-5-9(12)14-10(7)8-3-2-4-13-8/h2-4,7,10H,5H2,1H3/t7-,10+/m1/s1. The Morgan fingerprint density at radius 2 is 2.36 bits per heavy atom. The Balaban J connectivity index is 2.26. The molecule has 14 heavy (non-hydrogen) atoms. The van der Waals surface area contributed by atoms with E-state index in [-0.39, 0.29) is 18.2 Å². The van der Waals surface area contributed by atoms with Crippen molar-refractivity contribution in [2.24, 2.45) is 5.92 Å². The fraction of sp³-hybridized carbons (Fsp3) is 0.400. The van der Waals surface area contributed by atoms with Crippen molar-refractivity contribution in [2.75, 3.05) is 0 Å². The molecule has 1 aliphatic heterocycles. The van der Waals surface area contributed by atoms with Crippen molar-refractivity contribution in [3.8, 4) is 0 Å². The van der Waals surface area contributed by atoms with Gasteiger partial charge in [0.05, 0.1) is 18.6 Å². The summed E-state index contributed by atoms with van der Waals surface area (Å²) in [6, 6.07) is 3.41. The highest BCUT2D eigenvalue weighted by molar-refractivity contribution is 5.86. The van der Waals surface area contributed by atoms with Crippen molar-refractivity contribution < 1.29 is 18.7 Å². The molecule has 74 valence electrons. The first kappa shape index (κ1) is 8.99. The minimum atomic E-state index is -0.532. The molecule has 2 rings (SSSR count). The Bertz CT molecular complexity index is 352. The van der Waals surface area contributed by atoms with Crippen LogP contribution in [-0.4, -0.2) is 11.8 Å². The third-order valence-electron chi connectivity index (χ3n) is 2.36. The van der Waals surface area contributed by atoms with Gasteiger partial charge in [0.15, 0.2) is 6.10 Å². The van der Waals surface area contributed by atoms with Crippen LogP contribution in [0.2, 0.25) is 0 Å². The van der Waals surface area contributed by atoms with E-state index in [0.717, 1.165) is 0 Å². The predicted octanol–water partition coefficient (Wildman–Crippen LogP) is 1.47. The van der Waals surface area contributed by atoms with Crippen molar-refractivity contribution in [2.45, 2.75) is 19.4 Å². The van der Waals surface area contributed by atoms with Gasteiger partial charge in [-0.05, 0) is 19.1 Å². The van der Waals surface area contributed by atoms with Gasteiger partial charge in [-0.3, -0.25) is 9.59 Å². The second kappa shape index (κ2) is 3.29. The molecule has 0 bridgehead atoms. The van der Waals surface area contributed by atoms with Crippen LogP contribution in [0.25, 0.3) is 0 Å². The number of carbonyl (C=O) groups excluding carboxylic acids is 2. The molecule has 0 radical (unpaired) electrons. The zero-order valence-electron chi connectivity index (χ0n) is 7.73. The first-order chi connectivity index (χ1) is 6.68. The number of ether oxygens (including phenoxy) is 1. The SMILES string of the molecule is CC(=O)[C@H]1CC(=O)O[C@@H]1c1ccco1. The molecule has 2 atom stereocenters. The number of furan rings is 1. The third-order valence-corrected chi connectivity index (χ3v) is 2.36. The van der Waals surface area contributed by atoms with E-state index in [9.17, 15) is 9.59 Å². The van der Waals surface area contributed by atoms with E-state index >= 15 is 0 Å². The Hall–Kier alpha value is -1.58. The van der Waals surface area contributed by atoms with E-state index in [1.54, 1.807) is 12.1 Å². The maximum absolute atomic E-state index is 11.2. The van der Waals surface area contributed by atoms with E-state index in [0.29, 0.717) is 5.76 Å². The summed E-state index contributed by atoms with van der Waals surface area (Å²) < 4.78 is 10.1. The molecule has 0 unspecified atom stereocenters. The van der Waals surface area contributed by atoms with E-state index in [1.165, 1.54) is 13.2 Å². The molecule has 1 aliphatic rings. The van der Waals surface area contributed by atoms with Gasteiger partial charge < -0.3 is 9.15 Å². The topological polar surface area (TPSA) is 56.5 Å². The number of rotatable bonds is 2. The van der Waals surface area contributed by atoms with Crippen LogP contribution >= 0.6 is 0 Å². The van der Waals surface area contributed by atoms with Gasteiger partial charge >= 0.3 is 5.97 Å². The molecule has 2 heterocycles. The lowest BCUT2D eigenvalue weighted by Crippen LogP contribution is -2.14. The average molecular weight is 194 g/mol. The molecule has 4 nitrogen and oxygen atoms in total. The van der Waals surface area contributed by atoms with Gasteiger partial charge in [0.25, 0.3) is 0 Å². The summed E-state index contributed by atoms with van der Waals surface area (Å²) in [5.41, 5.74) is 0. The molecule has 1 saturated heterocycles. The number of ketones is 1. The summed E-state index contributed by atoms with van der Waals surface area (Å²) in [4.78, 5) is 22.3. The fourth-order valence-corrected chi connectivity index (χ4v) is 1.62. The lowest BCUT2D eigenvalue weighted by Gasteiger charge is -2.11. The monoisotopic (exact) mass is 194 g/mol. The van der Waals surface area contributed by atoms with Crippen molar-refractivity contribution in [1.82, 2.24) is 0 Å². The molecular weight excluding hydrogens is 184 g/mol. The lowest BCUT2D eigenvalue weighted by molar-refractivity contribution is -0.142. The molecule has 1 aromatic heterocycles. The average Bonchev–Trinajstić information content (AvgIpc) is 2.70. The molecule has 0 spiro atoms. The van der Waals surface area contributed by atoms with Crippen molar-refractivity contribution in [3.63, 3.8) is 0 Å². The highest BCUT2D eigenvalue weighted by Crippen LogP contribution is 2.35. The van der Waals surface area contributed by atoms with Gasteiger partial charge in [0, 0.05) is 0 Å². The van der Waals surface area contributed by atoms with Gasteiger partial charge in [-0.25, -0.2) is 0 Å². The highest BCUT2D eigenvalue weighted by Gasteiger charge is 2.40. The van der Waals surface area contributed by atoms with Crippen molar-refractivity contribution in [1.29, 1.82) is 0 Å². The van der Waals surface area contributed by atoms with Crippen LogP contribution in [0.4, 0.5) is 0 Å². The maximum Gasteiger partial charge on any atom is 0.307 e. The summed E-state index contributed by atoms with van der Waals surface area (Å²) in [5.74, 6) is -0.242. The Morgan fingerprint density at radius 1 is 1.57 bits per heavy atom. The summed E-state index contributed by atoms with van der Waals surface area (Å²) in [6.07, 6.45) is 1.12. The molecule has 1 fully saturated rings. The Kier molecular flexibility index (Phi) is 2.11. The number of cyclic esters (lactones) is 1. The van der Waals surface area contributed by atoms with Crippen molar-refractivity contribution >= 4 is 11.8 Å². The van der Waals surface area contributed by atoms with Gasteiger partial charge in [-0.1, -0.05) is 0 Å². The molecule has 0 saturated carbocycles. The highest BCUT2D eigenvalue weighted by atomic mass is 16.6. The van der Waals surface area contributed by atoms with Crippen LogP contribution in [0.15, 0.2) is 22.8 Å². The first-order valence-corrected chi connectivity index (χ1v) is 4.42. The van der Waals surface area contributed by atoms with Crippen LogP contribution in [0.5, 0.6) is 0 Å². The second-order valence-corrected chi connectivity index (χ2v) is 3.35. The maximum atomic E-state index is 11.2. The molecule has 1 aromatic rings. The number of esters is 1. The molecule has 0 aromatic carbocycles. The predicted molar refractivity (Wildman–Crippen MR) is 46.3 cm³/mol.